The number of piperazine rings is 1. The molecule has 1 aliphatic heterocycles. The summed E-state index contributed by atoms with van der Waals surface area (Å²) in [7, 11) is 2.14. The molecule has 1 aromatic heterocycles. The highest BCUT2D eigenvalue weighted by Gasteiger charge is 2.17. The van der Waals surface area contributed by atoms with Crippen LogP contribution in [-0.2, 0) is 6.54 Å². The fourth-order valence-electron chi connectivity index (χ4n) is 2.39. The Bertz CT molecular complexity index is 638. The second-order valence-corrected chi connectivity index (χ2v) is 5.25. The quantitative estimate of drug-likeness (QED) is 0.829. The van der Waals surface area contributed by atoms with Crippen LogP contribution in [0.25, 0.3) is 5.69 Å². The van der Waals surface area contributed by atoms with Gasteiger partial charge in [-0.3, -0.25) is 4.90 Å². The van der Waals surface area contributed by atoms with Crippen molar-refractivity contribution in [1.82, 2.24) is 30.0 Å². The highest BCUT2D eigenvalue weighted by Crippen LogP contribution is 2.12. The lowest BCUT2D eigenvalue weighted by Crippen LogP contribution is -2.44. The average molecular weight is 320 g/mol. The van der Waals surface area contributed by atoms with Crippen LogP contribution in [0.15, 0.2) is 24.3 Å². The molecule has 2 aromatic rings. The maximum absolute atomic E-state index is 8.84. The number of nitriles is 1. The van der Waals surface area contributed by atoms with Crippen molar-refractivity contribution in [2.45, 2.75) is 6.54 Å². The van der Waals surface area contributed by atoms with Crippen molar-refractivity contribution in [3.05, 3.63) is 35.7 Å². The molecule has 1 fully saturated rings. The van der Waals surface area contributed by atoms with E-state index in [0.717, 1.165) is 44.2 Å². The third kappa shape index (κ3) is 3.60. The van der Waals surface area contributed by atoms with Crippen molar-refractivity contribution in [3.63, 3.8) is 0 Å². The highest BCUT2D eigenvalue weighted by atomic mass is 35.5. The summed E-state index contributed by atoms with van der Waals surface area (Å²) in [5.74, 6) is 0.823. The van der Waals surface area contributed by atoms with E-state index in [1.807, 2.05) is 12.1 Å². The zero-order valence-corrected chi connectivity index (χ0v) is 13.2. The van der Waals surface area contributed by atoms with Crippen molar-refractivity contribution in [3.8, 4) is 11.8 Å². The van der Waals surface area contributed by atoms with Crippen molar-refractivity contribution in [1.29, 1.82) is 5.26 Å². The molecule has 0 radical (unpaired) electrons. The van der Waals surface area contributed by atoms with Crippen LogP contribution in [0.2, 0.25) is 0 Å². The van der Waals surface area contributed by atoms with E-state index >= 15 is 0 Å². The van der Waals surface area contributed by atoms with Crippen LogP contribution in [-0.4, -0.2) is 63.2 Å². The van der Waals surface area contributed by atoms with Crippen LogP contribution < -0.4 is 0 Å². The summed E-state index contributed by atoms with van der Waals surface area (Å²) in [5, 5.41) is 20.8. The number of nitrogens with zero attached hydrogens (tertiary/aromatic N) is 7. The van der Waals surface area contributed by atoms with Gasteiger partial charge in [-0.15, -0.1) is 17.5 Å². The summed E-state index contributed by atoms with van der Waals surface area (Å²) in [6.07, 6.45) is 0. The smallest absolute Gasteiger partial charge is 0.170 e. The average Bonchev–Trinajstić information content (AvgIpc) is 2.98. The first-order valence-corrected chi connectivity index (χ1v) is 6.95. The molecule has 0 bridgehead atoms. The van der Waals surface area contributed by atoms with Gasteiger partial charge in [0.25, 0.3) is 0 Å². The number of halogens is 1. The Morgan fingerprint density at radius 2 is 1.82 bits per heavy atom. The molecule has 22 heavy (non-hydrogen) atoms. The van der Waals surface area contributed by atoms with Gasteiger partial charge in [-0.2, -0.15) is 9.94 Å². The van der Waals surface area contributed by atoms with Crippen LogP contribution in [0.3, 0.4) is 0 Å². The van der Waals surface area contributed by atoms with Crippen LogP contribution in [0.4, 0.5) is 0 Å². The number of benzene rings is 1. The van der Waals surface area contributed by atoms with Crippen LogP contribution in [0.5, 0.6) is 0 Å². The summed E-state index contributed by atoms with van der Waals surface area (Å²) in [4.78, 5) is 4.67. The van der Waals surface area contributed by atoms with Crippen molar-refractivity contribution < 1.29 is 0 Å². The molecule has 0 saturated carbocycles. The van der Waals surface area contributed by atoms with E-state index in [-0.39, 0.29) is 12.4 Å². The van der Waals surface area contributed by atoms with Crippen LogP contribution in [0, 0.1) is 11.3 Å². The summed E-state index contributed by atoms with van der Waals surface area (Å²) in [6, 6.07) is 9.39. The van der Waals surface area contributed by atoms with E-state index in [0.29, 0.717) is 5.56 Å². The maximum Gasteiger partial charge on any atom is 0.170 e. The fourth-order valence-corrected chi connectivity index (χ4v) is 2.39. The normalized spacial score (nSPS) is 16.0. The van der Waals surface area contributed by atoms with Crippen molar-refractivity contribution in [2.75, 3.05) is 33.2 Å². The summed E-state index contributed by atoms with van der Waals surface area (Å²) >= 11 is 0. The minimum absolute atomic E-state index is 0. The number of hydrogen-bond donors (Lipinski definition) is 0. The molecular weight excluding hydrogens is 302 g/mol. The van der Waals surface area contributed by atoms with Gasteiger partial charge in [0.05, 0.1) is 23.9 Å². The Balaban J connectivity index is 0.00000176. The summed E-state index contributed by atoms with van der Waals surface area (Å²) in [5.41, 5.74) is 1.51. The van der Waals surface area contributed by atoms with Gasteiger partial charge in [-0.05, 0) is 41.7 Å². The zero-order chi connectivity index (χ0) is 14.7. The topological polar surface area (TPSA) is 73.9 Å². The second-order valence-electron chi connectivity index (χ2n) is 5.25. The van der Waals surface area contributed by atoms with Gasteiger partial charge in [-0.25, -0.2) is 0 Å². The van der Waals surface area contributed by atoms with E-state index in [2.05, 4.69) is 38.4 Å². The first-order valence-electron chi connectivity index (χ1n) is 6.95. The number of aromatic nitrogens is 4. The Morgan fingerprint density at radius 3 is 2.45 bits per heavy atom. The first-order chi connectivity index (χ1) is 10.3. The monoisotopic (exact) mass is 319 g/mol. The number of likely N-dealkylation sites (N-methyl/N-ethyl adjacent to an activating group) is 1. The molecule has 0 unspecified atom stereocenters. The van der Waals surface area contributed by atoms with E-state index in [9.17, 15) is 0 Å². The van der Waals surface area contributed by atoms with Gasteiger partial charge >= 0.3 is 0 Å². The molecule has 1 aliphatic rings. The summed E-state index contributed by atoms with van der Waals surface area (Å²) in [6.45, 7) is 4.92. The van der Waals surface area contributed by atoms with Crippen molar-refractivity contribution in [2.24, 2.45) is 0 Å². The number of hydrogen-bond acceptors (Lipinski definition) is 6. The van der Waals surface area contributed by atoms with Gasteiger partial charge in [0.15, 0.2) is 5.82 Å². The number of tetrazole rings is 1. The second kappa shape index (κ2) is 7.31. The molecule has 0 amide bonds. The van der Waals surface area contributed by atoms with Gasteiger partial charge < -0.3 is 4.90 Å². The predicted octanol–water partition coefficient (Wildman–Crippen LogP) is 0.703. The molecule has 0 atom stereocenters. The lowest BCUT2D eigenvalue weighted by atomic mass is 10.2. The molecule has 1 saturated heterocycles. The Labute approximate surface area is 135 Å². The lowest BCUT2D eigenvalue weighted by molar-refractivity contribution is 0.144. The molecule has 1 aromatic carbocycles. The van der Waals surface area contributed by atoms with Gasteiger partial charge in [0, 0.05) is 26.2 Å². The Kier molecular flexibility index (Phi) is 5.44. The minimum Gasteiger partial charge on any atom is -0.304 e. The lowest BCUT2D eigenvalue weighted by Gasteiger charge is -2.31. The van der Waals surface area contributed by atoms with E-state index in [4.69, 9.17) is 5.26 Å². The van der Waals surface area contributed by atoms with Crippen LogP contribution >= 0.6 is 12.4 Å². The molecule has 116 valence electrons. The summed E-state index contributed by atoms with van der Waals surface area (Å²) < 4.78 is 1.74. The molecule has 3 rings (SSSR count). The van der Waals surface area contributed by atoms with Crippen molar-refractivity contribution >= 4 is 12.4 Å². The fraction of sp³-hybridized carbons (Fsp3) is 0.429. The molecular formula is C14H18ClN7. The highest BCUT2D eigenvalue weighted by molar-refractivity contribution is 5.85. The van der Waals surface area contributed by atoms with E-state index < -0.39 is 0 Å². The third-order valence-electron chi connectivity index (χ3n) is 3.74. The Hall–Kier alpha value is -2.01. The Morgan fingerprint density at radius 1 is 1.14 bits per heavy atom. The first kappa shape index (κ1) is 16.4. The predicted molar refractivity (Wildman–Crippen MR) is 83.9 cm³/mol. The van der Waals surface area contributed by atoms with Crippen LogP contribution in [0.1, 0.15) is 11.4 Å². The molecule has 2 heterocycles. The SMILES string of the molecule is CN1CCN(Cc2nnnn2-c2ccc(C#N)cc2)CC1.Cl. The minimum atomic E-state index is 0. The zero-order valence-electron chi connectivity index (χ0n) is 12.4. The van der Waals surface area contributed by atoms with E-state index in [1.54, 1.807) is 16.8 Å². The van der Waals surface area contributed by atoms with Gasteiger partial charge in [0.2, 0.25) is 0 Å². The van der Waals surface area contributed by atoms with Gasteiger partial charge in [0.1, 0.15) is 0 Å². The maximum atomic E-state index is 8.84. The third-order valence-corrected chi connectivity index (χ3v) is 3.74. The van der Waals surface area contributed by atoms with Gasteiger partial charge in [-0.1, -0.05) is 0 Å². The molecule has 7 nitrogen and oxygen atoms in total. The molecule has 0 spiro atoms. The molecule has 0 N–H and O–H groups in total. The van der Waals surface area contributed by atoms with E-state index in [1.165, 1.54) is 0 Å². The molecule has 8 heteroatoms. The largest absolute Gasteiger partial charge is 0.304 e. The standard InChI is InChI=1S/C14H17N7.ClH/c1-19-6-8-20(9-7-19)11-14-16-17-18-21(14)13-4-2-12(10-15)3-5-13;/h2-5H,6-9,11H2,1H3;1H. The number of rotatable bonds is 3. The molecule has 0 aliphatic carbocycles.